The summed E-state index contributed by atoms with van der Waals surface area (Å²) in [7, 11) is 0. The molecular formula is C14H11IO3. The van der Waals surface area contributed by atoms with Crippen LogP contribution in [0.5, 0.6) is 0 Å². The molecule has 0 saturated carbocycles. The number of hydrogen-bond acceptors (Lipinski definition) is 3. The van der Waals surface area contributed by atoms with Gasteiger partial charge in [-0.25, -0.2) is 4.79 Å². The van der Waals surface area contributed by atoms with Crippen LogP contribution < -0.4 is 0 Å². The number of carbonyl (C=O) groups is 1. The molecule has 0 unspecified atom stereocenters. The van der Waals surface area contributed by atoms with E-state index in [2.05, 4.69) is 29.2 Å². The average molecular weight is 354 g/mol. The van der Waals surface area contributed by atoms with Crippen molar-refractivity contribution in [1.29, 1.82) is 0 Å². The Kier molecular flexibility index (Phi) is 4.19. The Morgan fingerprint density at radius 3 is 2.72 bits per heavy atom. The second-order valence-corrected chi connectivity index (χ2v) is 4.90. The molecule has 0 atom stereocenters. The molecule has 0 aliphatic carbocycles. The van der Waals surface area contributed by atoms with Crippen LogP contribution in [0.2, 0.25) is 0 Å². The van der Waals surface area contributed by atoms with Crippen molar-refractivity contribution in [3.8, 4) is 0 Å². The summed E-state index contributed by atoms with van der Waals surface area (Å²) in [6.45, 7) is 3.35. The fraction of sp³-hybridized carbons (Fsp3) is 0.0714. The molecule has 1 aromatic carbocycles. The lowest BCUT2D eigenvalue weighted by molar-refractivity contribution is 0.0628. The molecule has 4 heteroatoms. The zero-order valence-electron chi connectivity index (χ0n) is 9.56. The van der Waals surface area contributed by atoms with Gasteiger partial charge in [0.1, 0.15) is 0 Å². The van der Waals surface area contributed by atoms with Crippen molar-refractivity contribution >= 4 is 28.6 Å². The summed E-state index contributed by atoms with van der Waals surface area (Å²) in [5.74, 6) is -0.288. The summed E-state index contributed by atoms with van der Waals surface area (Å²) in [4.78, 5) is 11.6. The number of halogens is 1. The Morgan fingerprint density at radius 2 is 2.06 bits per heavy atom. The normalized spacial score (nSPS) is 10.1. The monoisotopic (exact) mass is 354 g/mol. The fourth-order valence-corrected chi connectivity index (χ4v) is 1.96. The first-order chi connectivity index (χ1) is 8.70. The van der Waals surface area contributed by atoms with Crippen LogP contribution in [-0.4, -0.2) is 5.97 Å². The van der Waals surface area contributed by atoms with Crippen LogP contribution in [0.1, 0.15) is 21.7 Å². The lowest BCUT2D eigenvalue weighted by atomic mass is 10.1. The van der Waals surface area contributed by atoms with E-state index in [4.69, 9.17) is 9.15 Å². The van der Waals surface area contributed by atoms with Gasteiger partial charge in [0.2, 0.25) is 5.76 Å². The minimum Gasteiger partial charge on any atom is -0.457 e. The predicted octanol–water partition coefficient (Wildman–Crippen LogP) is 3.78. The van der Waals surface area contributed by atoms with Gasteiger partial charge < -0.3 is 9.15 Å². The van der Waals surface area contributed by atoms with Crippen molar-refractivity contribution in [2.75, 3.05) is 0 Å². The zero-order valence-corrected chi connectivity index (χ0v) is 11.7. The van der Waals surface area contributed by atoms with Gasteiger partial charge in [-0.1, -0.05) is 18.7 Å². The van der Waals surface area contributed by atoms with Crippen LogP contribution in [0.3, 0.4) is 0 Å². The summed E-state index contributed by atoms with van der Waals surface area (Å²) in [6, 6.07) is 9.88. The second-order valence-electron chi connectivity index (χ2n) is 3.65. The minimum atomic E-state index is -0.518. The van der Waals surface area contributed by atoms with Crippen molar-refractivity contribution in [2.45, 2.75) is 6.42 Å². The first-order valence-corrected chi connectivity index (χ1v) is 6.41. The van der Waals surface area contributed by atoms with Crippen molar-refractivity contribution in [3.63, 3.8) is 0 Å². The number of rotatable bonds is 4. The molecule has 0 bridgehead atoms. The van der Waals surface area contributed by atoms with Crippen molar-refractivity contribution in [3.05, 3.63) is 69.9 Å². The molecule has 1 aromatic heterocycles. The second kappa shape index (κ2) is 5.86. The van der Waals surface area contributed by atoms with E-state index in [1.54, 1.807) is 6.07 Å². The summed E-state index contributed by atoms with van der Waals surface area (Å²) < 4.78 is 11.0. The molecular weight excluding hydrogens is 343 g/mol. The number of benzene rings is 1. The largest absolute Gasteiger partial charge is 0.457 e. The van der Waals surface area contributed by atoms with Gasteiger partial charge in [0.15, 0.2) is 0 Å². The van der Waals surface area contributed by atoms with Gasteiger partial charge in [-0.3, -0.25) is 0 Å². The van der Waals surface area contributed by atoms with Crippen LogP contribution >= 0.6 is 22.6 Å². The number of hydrogen-bond donors (Lipinski definition) is 0. The van der Waals surface area contributed by atoms with E-state index >= 15 is 0 Å². The molecule has 92 valence electrons. The van der Waals surface area contributed by atoms with E-state index in [1.165, 1.54) is 9.83 Å². The lowest BCUT2D eigenvalue weighted by Crippen LogP contribution is -2.02. The molecule has 0 radical (unpaired) electrons. The van der Waals surface area contributed by atoms with E-state index in [9.17, 15) is 4.79 Å². The Balaban J connectivity index is 2.19. The van der Waals surface area contributed by atoms with Crippen molar-refractivity contribution in [2.24, 2.45) is 0 Å². The Bertz CT molecular complexity index is 555. The molecule has 0 fully saturated rings. The molecule has 3 nitrogen and oxygen atoms in total. The smallest absolute Gasteiger partial charge is 0.379 e. The standard InChI is InChI=1S/C14H11IO3/c1-2-17-14(16)13-11(7-8-18-13)9-10-3-5-12(15)6-4-10/h2-8H,1,9H2. The van der Waals surface area contributed by atoms with E-state index in [-0.39, 0.29) is 5.76 Å². The van der Waals surface area contributed by atoms with Gasteiger partial charge in [0, 0.05) is 15.6 Å². The highest BCUT2D eigenvalue weighted by molar-refractivity contribution is 14.1. The first kappa shape index (κ1) is 12.9. The number of ether oxygens (including phenoxy) is 1. The molecule has 0 saturated heterocycles. The highest BCUT2D eigenvalue weighted by Crippen LogP contribution is 2.17. The van der Waals surface area contributed by atoms with Crippen molar-refractivity contribution in [1.82, 2.24) is 0 Å². The lowest BCUT2D eigenvalue weighted by Gasteiger charge is -2.02. The minimum absolute atomic E-state index is 0.230. The zero-order chi connectivity index (χ0) is 13.0. The summed E-state index contributed by atoms with van der Waals surface area (Å²) in [6.07, 6.45) is 3.22. The SMILES string of the molecule is C=COC(=O)c1occc1Cc1ccc(I)cc1. The Labute approximate surface area is 119 Å². The highest BCUT2D eigenvalue weighted by atomic mass is 127. The summed E-state index contributed by atoms with van der Waals surface area (Å²) in [5.41, 5.74) is 1.92. The van der Waals surface area contributed by atoms with E-state index < -0.39 is 5.97 Å². The van der Waals surface area contributed by atoms with Crippen LogP contribution in [0.4, 0.5) is 0 Å². The fourth-order valence-electron chi connectivity index (χ4n) is 1.61. The van der Waals surface area contributed by atoms with Crippen LogP contribution in [0, 0.1) is 3.57 Å². The van der Waals surface area contributed by atoms with Gasteiger partial charge in [-0.15, -0.1) is 0 Å². The summed E-state index contributed by atoms with van der Waals surface area (Å²) >= 11 is 2.25. The van der Waals surface area contributed by atoms with E-state index in [0.29, 0.717) is 6.42 Å². The third-order valence-electron chi connectivity index (χ3n) is 2.43. The maximum atomic E-state index is 11.6. The maximum absolute atomic E-state index is 11.6. The molecule has 0 spiro atoms. The van der Waals surface area contributed by atoms with Crippen LogP contribution in [0.25, 0.3) is 0 Å². The first-order valence-electron chi connectivity index (χ1n) is 5.33. The van der Waals surface area contributed by atoms with Crippen LogP contribution in [-0.2, 0) is 11.2 Å². The van der Waals surface area contributed by atoms with Crippen molar-refractivity contribution < 1.29 is 13.9 Å². The predicted molar refractivity (Wildman–Crippen MR) is 76.3 cm³/mol. The Morgan fingerprint density at radius 1 is 1.33 bits per heavy atom. The molecule has 0 amide bonds. The Hall–Kier alpha value is -1.56. The van der Waals surface area contributed by atoms with Gasteiger partial charge in [-0.2, -0.15) is 0 Å². The van der Waals surface area contributed by atoms with Crippen LogP contribution in [0.15, 0.2) is 53.9 Å². The van der Waals surface area contributed by atoms with Gasteiger partial charge in [-0.05, 0) is 46.4 Å². The third-order valence-corrected chi connectivity index (χ3v) is 3.15. The number of furan rings is 1. The molecule has 0 aliphatic rings. The molecule has 2 rings (SSSR count). The molecule has 2 aromatic rings. The van der Waals surface area contributed by atoms with E-state index in [0.717, 1.165) is 17.4 Å². The quantitative estimate of drug-likeness (QED) is 0.477. The highest BCUT2D eigenvalue weighted by Gasteiger charge is 2.16. The van der Waals surface area contributed by atoms with Gasteiger partial charge in [0.05, 0.1) is 12.5 Å². The summed E-state index contributed by atoms with van der Waals surface area (Å²) in [5, 5.41) is 0. The van der Waals surface area contributed by atoms with E-state index in [1.807, 2.05) is 24.3 Å². The number of carbonyl (C=O) groups excluding carboxylic acids is 1. The average Bonchev–Trinajstić information content (AvgIpc) is 2.81. The molecule has 0 N–H and O–H groups in total. The molecule has 18 heavy (non-hydrogen) atoms. The number of esters is 1. The van der Waals surface area contributed by atoms with Gasteiger partial charge in [0.25, 0.3) is 0 Å². The maximum Gasteiger partial charge on any atom is 0.379 e. The van der Waals surface area contributed by atoms with Gasteiger partial charge >= 0.3 is 5.97 Å². The molecule has 1 heterocycles. The molecule has 0 aliphatic heterocycles. The third kappa shape index (κ3) is 3.01. The topological polar surface area (TPSA) is 39.4 Å².